The minimum atomic E-state index is -0.140. The van der Waals surface area contributed by atoms with Crippen LogP contribution in [0.25, 0.3) is 11.4 Å². The molecular weight excluding hydrogens is 326 g/mol. The molecule has 1 aromatic carbocycles. The van der Waals surface area contributed by atoms with Gasteiger partial charge in [0.25, 0.3) is 0 Å². The summed E-state index contributed by atoms with van der Waals surface area (Å²) in [6.45, 7) is 4.61. The summed E-state index contributed by atoms with van der Waals surface area (Å²) in [6.07, 6.45) is 1.74. The number of rotatable bonds is 7. The van der Waals surface area contributed by atoms with Crippen molar-refractivity contribution in [3.05, 3.63) is 65.9 Å². The summed E-state index contributed by atoms with van der Waals surface area (Å²) in [7, 11) is 0. The number of aliphatic hydroxyl groups excluding tert-OH is 1. The van der Waals surface area contributed by atoms with E-state index in [-0.39, 0.29) is 12.6 Å². The lowest BCUT2D eigenvalue weighted by Crippen LogP contribution is -2.21. The Labute approximate surface area is 153 Å². The molecule has 2 aromatic heterocycles. The van der Waals surface area contributed by atoms with Crippen LogP contribution in [-0.2, 0) is 6.54 Å². The van der Waals surface area contributed by atoms with E-state index in [2.05, 4.69) is 56.8 Å². The van der Waals surface area contributed by atoms with E-state index in [0.717, 1.165) is 11.4 Å². The summed E-state index contributed by atoms with van der Waals surface area (Å²) in [5.74, 6) is 1.16. The molecule has 1 atom stereocenters. The second-order valence-electron chi connectivity index (χ2n) is 6.24. The van der Waals surface area contributed by atoms with Crippen LogP contribution in [0, 0.1) is 6.92 Å². The first-order valence-corrected chi connectivity index (χ1v) is 8.61. The van der Waals surface area contributed by atoms with Gasteiger partial charge in [0.1, 0.15) is 5.82 Å². The Morgan fingerprint density at radius 3 is 2.54 bits per heavy atom. The largest absolute Gasteiger partial charge is 0.394 e. The highest BCUT2D eigenvalue weighted by atomic mass is 16.3. The number of aliphatic hydroxyl groups is 1. The second-order valence-corrected chi connectivity index (χ2v) is 6.24. The molecule has 0 aliphatic carbocycles. The number of nitrogens with zero attached hydrogens (tertiary/aromatic N) is 3. The maximum atomic E-state index is 9.28. The molecule has 3 rings (SSSR count). The van der Waals surface area contributed by atoms with Crippen molar-refractivity contribution >= 4 is 11.8 Å². The highest BCUT2D eigenvalue weighted by Gasteiger charge is 2.09. The number of hydrogen-bond donors (Lipinski definition) is 3. The minimum absolute atomic E-state index is 0.00328. The fraction of sp³-hybridized carbons (Fsp3) is 0.250. The zero-order valence-electron chi connectivity index (χ0n) is 15.0. The van der Waals surface area contributed by atoms with Gasteiger partial charge in [-0.1, -0.05) is 35.9 Å². The molecule has 134 valence electrons. The Morgan fingerprint density at radius 1 is 1.04 bits per heavy atom. The van der Waals surface area contributed by atoms with Crippen molar-refractivity contribution in [2.75, 3.05) is 17.2 Å². The van der Waals surface area contributed by atoms with E-state index in [4.69, 9.17) is 0 Å². The van der Waals surface area contributed by atoms with Crippen molar-refractivity contribution in [3.8, 4) is 11.4 Å². The molecule has 2 heterocycles. The predicted molar refractivity (Wildman–Crippen MR) is 104 cm³/mol. The van der Waals surface area contributed by atoms with Crippen LogP contribution < -0.4 is 10.6 Å². The minimum Gasteiger partial charge on any atom is -0.394 e. The zero-order chi connectivity index (χ0) is 18.4. The first-order valence-electron chi connectivity index (χ1n) is 8.61. The van der Waals surface area contributed by atoms with Gasteiger partial charge in [-0.25, -0.2) is 4.98 Å². The van der Waals surface area contributed by atoms with Gasteiger partial charge in [-0.3, -0.25) is 4.98 Å². The van der Waals surface area contributed by atoms with Gasteiger partial charge in [0.05, 0.1) is 18.0 Å². The molecule has 0 aliphatic heterocycles. The molecule has 0 bridgehead atoms. The van der Waals surface area contributed by atoms with Crippen molar-refractivity contribution in [3.63, 3.8) is 0 Å². The first kappa shape index (κ1) is 17.8. The molecule has 6 heteroatoms. The lowest BCUT2D eigenvalue weighted by atomic mass is 10.1. The molecule has 0 aliphatic rings. The van der Waals surface area contributed by atoms with Gasteiger partial charge >= 0.3 is 0 Å². The predicted octanol–water partition coefficient (Wildman–Crippen LogP) is 3.25. The molecule has 3 N–H and O–H groups in total. The first-order chi connectivity index (χ1) is 12.6. The Bertz CT molecular complexity index is 837. The molecule has 0 unspecified atom stereocenters. The monoisotopic (exact) mass is 349 g/mol. The summed E-state index contributed by atoms with van der Waals surface area (Å²) >= 11 is 0. The SMILES string of the molecule is Cc1ccc(CNc2cc(-c3ccccn3)nc(N[C@H](C)CO)n2)cc1. The van der Waals surface area contributed by atoms with Gasteiger partial charge in [-0.15, -0.1) is 0 Å². The zero-order valence-corrected chi connectivity index (χ0v) is 15.0. The molecule has 0 fully saturated rings. The molecule has 26 heavy (non-hydrogen) atoms. The van der Waals surface area contributed by atoms with Crippen LogP contribution in [0.1, 0.15) is 18.1 Å². The van der Waals surface area contributed by atoms with E-state index in [0.29, 0.717) is 18.3 Å². The van der Waals surface area contributed by atoms with Gasteiger partial charge in [0.2, 0.25) is 5.95 Å². The summed E-state index contributed by atoms with van der Waals surface area (Å²) in [6, 6.07) is 15.8. The number of anilines is 2. The van der Waals surface area contributed by atoms with Crippen LogP contribution in [0.5, 0.6) is 0 Å². The standard InChI is InChI=1S/C20H23N5O/c1-14-6-8-16(9-7-14)12-22-19-11-18(17-5-3-4-10-21-17)24-20(25-19)23-15(2)13-26/h3-11,15,26H,12-13H2,1-2H3,(H2,22,23,24,25)/t15-/m1/s1. The summed E-state index contributed by atoms with van der Waals surface area (Å²) in [5, 5.41) is 15.7. The van der Waals surface area contributed by atoms with Crippen LogP contribution in [0.2, 0.25) is 0 Å². The average molecular weight is 349 g/mol. The molecule has 0 amide bonds. The number of aromatic nitrogens is 3. The van der Waals surface area contributed by atoms with Crippen molar-refractivity contribution in [1.29, 1.82) is 0 Å². The van der Waals surface area contributed by atoms with E-state index in [1.54, 1.807) is 6.20 Å². The van der Waals surface area contributed by atoms with E-state index in [9.17, 15) is 5.11 Å². The van der Waals surface area contributed by atoms with Crippen LogP contribution in [0.3, 0.4) is 0 Å². The van der Waals surface area contributed by atoms with E-state index >= 15 is 0 Å². The molecule has 0 saturated heterocycles. The van der Waals surface area contributed by atoms with Crippen LogP contribution in [-0.4, -0.2) is 32.7 Å². The number of benzene rings is 1. The Balaban J connectivity index is 1.85. The van der Waals surface area contributed by atoms with Gasteiger partial charge < -0.3 is 15.7 Å². The van der Waals surface area contributed by atoms with Crippen LogP contribution >= 0.6 is 0 Å². The number of hydrogen-bond acceptors (Lipinski definition) is 6. The smallest absolute Gasteiger partial charge is 0.225 e. The fourth-order valence-electron chi connectivity index (χ4n) is 2.41. The third-order valence-corrected chi connectivity index (χ3v) is 3.90. The van der Waals surface area contributed by atoms with Gasteiger partial charge in [-0.2, -0.15) is 4.98 Å². The summed E-state index contributed by atoms with van der Waals surface area (Å²) < 4.78 is 0. The quantitative estimate of drug-likeness (QED) is 0.607. The van der Waals surface area contributed by atoms with Crippen LogP contribution in [0.4, 0.5) is 11.8 Å². The van der Waals surface area contributed by atoms with E-state index in [1.807, 2.05) is 31.2 Å². The van der Waals surface area contributed by atoms with Crippen molar-refractivity contribution < 1.29 is 5.11 Å². The maximum Gasteiger partial charge on any atom is 0.225 e. The molecule has 6 nitrogen and oxygen atoms in total. The maximum absolute atomic E-state index is 9.28. The molecule has 0 radical (unpaired) electrons. The summed E-state index contributed by atoms with van der Waals surface area (Å²) in [5.41, 5.74) is 3.90. The lowest BCUT2D eigenvalue weighted by molar-refractivity contribution is 0.281. The molecule has 0 saturated carbocycles. The number of aryl methyl sites for hydroxylation is 1. The third-order valence-electron chi connectivity index (χ3n) is 3.90. The van der Waals surface area contributed by atoms with Gasteiger partial charge in [-0.05, 0) is 31.5 Å². The van der Waals surface area contributed by atoms with Gasteiger partial charge in [0, 0.05) is 24.8 Å². The van der Waals surface area contributed by atoms with Crippen LogP contribution in [0.15, 0.2) is 54.7 Å². The van der Waals surface area contributed by atoms with Gasteiger partial charge in [0.15, 0.2) is 0 Å². The Morgan fingerprint density at radius 2 is 1.85 bits per heavy atom. The highest BCUT2D eigenvalue weighted by molar-refractivity contribution is 5.61. The van der Waals surface area contributed by atoms with E-state index < -0.39 is 0 Å². The molecular formula is C20H23N5O. The number of nitrogens with one attached hydrogen (secondary N) is 2. The number of pyridine rings is 1. The van der Waals surface area contributed by atoms with Crippen molar-refractivity contribution in [1.82, 2.24) is 15.0 Å². The third kappa shape index (κ3) is 4.77. The normalized spacial score (nSPS) is 11.8. The molecule has 3 aromatic rings. The van der Waals surface area contributed by atoms with E-state index in [1.165, 1.54) is 11.1 Å². The molecule has 0 spiro atoms. The second kappa shape index (κ2) is 8.40. The topological polar surface area (TPSA) is 83.0 Å². The average Bonchev–Trinajstić information content (AvgIpc) is 2.68. The fourth-order valence-corrected chi connectivity index (χ4v) is 2.41. The van der Waals surface area contributed by atoms with Crippen molar-refractivity contribution in [2.24, 2.45) is 0 Å². The highest BCUT2D eigenvalue weighted by Crippen LogP contribution is 2.20. The summed E-state index contributed by atoms with van der Waals surface area (Å²) in [4.78, 5) is 13.4. The van der Waals surface area contributed by atoms with Crippen molar-refractivity contribution in [2.45, 2.75) is 26.4 Å². The Hall–Kier alpha value is -2.99. The Kier molecular flexibility index (Phi) is 5.76. The lowest BCUT2D eigenvalue weighted by Gasteiger charge is -2.14.